The first kappa shape index (κ1) is 20.4. The number of para-hydroxylation sites is 1. The topological polar surface area (TPSA) is 57.0 Å². The lowest BCUT2D eigenvalue weighted by atomic mass is 10.2. The Labute approximate surface area is 181 Å². The summed E-state index contributed by atoms with van der Waals surface area (Å²) in [7, 11) is 0. The number of halogens is 2. The van der Waals surface area contributed by atoms with Gasteiger partial charge in [-0.1, -0.05) is 36.7 Å². The number of benzene rings is 2. The highest BCUT2D eigenvalue weighted by molar-refractivity contribution is 7.99. The van der Waals surface area contributed by atoms with Gasteiger partial charge in [-0.2, -0.15) is 4.98 Å². The van der Waals surface area contributed by atoms with Crippen LogP contribution in [-0.2, 0) is 6.61 Å². The van der Waals surface area contributed by atoms with Gasteiger partial charge in [0.2, 0.25) is 0 Å². The molecule has 0 aliphatic heterocycles. The van der Waals surface area contributed by atoms with Crippen LogP contribution in [0.2, 0.25) is 5.02 Å². The Bertz CT molecular complexity index is 1280. The molecule has 0 radical (unpaired) electrons. The average molecular weight is 442 g/mol. The number of thioether (sulfide) groups is 1. The maximum atomic E-state index is 13.9. The predicted molar refractivity (Wildman–Crippen MR) is 117 cm³/mol. The van der Waals surface area contributed by atoms with Gasteiger partial charge in [0.25, 0.3) is 0 Å². The summed E-state index contributed by atoms with van der Waals surface area (Å²) in [6, 6.07) is 15.3. The molecule has 2 aromatic heterocycles. The van der Waals surface area contributed by atoms with Gasteiger partial charge in [0.05, 0.1) is 11.2 Å². The summed E-state index contributed by atoms with van der Waals surface area (Å²) < 4.78 is 21.3. The van der Waals surface area contributed by atoms with E-state index in [0.29, 0.717) is 27.0 Å². The van der Waals surface area contributed by atoms with Crippen LogP contribution in [0, 0.1) is 5.82 Å². The van der Waals surface area contributed by atoms with Gasteiger partial charge in [0.1, 0.15) is 28.9 Å². The van der Waals surface area contributed by atoms with Crippen molar-refractivity contribution in [2.24, 2.45) is 0 Å². The summed E-state index contributed by atoms with van der Waals surface area (Å²) in [5.41, 5.74) is 0.899. The molecule has 0 spiro atoms. The van der Waals surface area contributed by atoms with Gasteiger partial charge in [-0.25, -0.2) is 9.18 Å². The Hall–Kier alpha value is -2.90. The minimum atomic E-state index is -0.466. The summed E-state index contributed by atoms with van der Waals surface area (Å²) in [5, 5.41) is 1.97. The van der Waals surface area contributed by atoms with Crippen LogP contribution >= 0.6 is 23.4 Å². The van der Waals surface area contributed by atoms with Crippen molar-refractivity contribution in [2.45, 2.75) is 18.6 Å². The zero-order chi connectivity index (χ0) is 21.1. The van der Waals surface area contributed by atoms with Crippen molar-refractivity contribution < 1.29 is 9.13 Å². The van der Waals surface area contributed by atoms with E-state index in [1.165, 1.54) is 34.7 Å². The zero-order valence-electron chi connectivity index (χ0n) is 16.0. The normalized spacial score (nSPS) is 11.0. The van der Waals surface area contributed by atoms with Crippen molar-refractivity contribution >= 4 is 34.3 Å². The van der Waals surface area contributed by atoms with E-state index in [2.05, 4.69) is 9.97 Å². The van der Waals surface area contributed by atoms with E-state index in [1.54, 1.807) is 18.2 Å². The van der Waals surface area contributed by atoms with E-state index in [-0.39, 0.29) is 12.3 Å². The van der Waals surface area contributed by atoms with Crippen molar-refractivity contribution in [3.05, 3.63) is 87.8 Å². The van der Waals surface area contributed by atoms with E-state index >= 15 is 0 Å². The first-order valence-electron chi connectivity index (χ1n) is 9.25. The minimum absolute atomic E-state index is 0.107. The van der Waals surface area contributed by atoms with E-state index in [0.717, 1.165) is 11.1 Å². The summed E-state index contributed by atoms with van der Waals surface area (Å²) >= 11 is 7.68. The molecular weight excluding hydrogens is 425 g/mol. The molecular formula is C22H17ClFN3O2S. The zero-order valence-corrected chi connectivity index (χ0v) is 17.6. The van der Waals surface area contributed by atoms with Crippen LogP contribution in [0.4, 0.5) is 4.39 Å². The number of rotatable bonds is 6. The highest BCUT2D eigenvalue weighted by Crippen LogP contribution is 2.31. The summed E-state index contributed by atoms with van der Waals surface area (Å²) in [5.74, 6) is 0.662. The molecule has 4 aromatic rings. The second kappa shape index (κ2) is 8.85. The van der Waals surface area contributed by atoms with Crippen molar-refractivity contribution in [3.63, 3.8) is 0 Å². The van der Waals surface area contributed by atoms with Gasteiger partial charge in [-0.3, -0.25) is 9.55 Å². The quantitative estimate of drug-likeness (QED) is 0.301. The van der Waals surface area contributed by atoms with Gasteiger partial charge in [0.15, 0.2) is 0 Å². The van der Waals surface area contributed by atoms with Crippen LogP contribution in [0.5, 0.6) is 5.75 Å². The summed E-state index contributed by atoms with van der Waals surface area (Å²) in [6.45, 7) is 1.90. The molecule has 152 valence electrons. The van der Waals surface area contributed by atoms with Crippen molar-refractivity contribution in [1.29, 1.82) is 0 Å². The fraction of sp³-hybridized carbons (Fsp3) is 0.136. The Kier molecular flexibility index (Phi) is 6.01. The largest absolute Gasteiger partial charge is 0.485 e. The van der Waals surface area contributed by atoms with Crippen LogP contribution in [0.1, 0.15) is 12.6 Å². The molecule has 0 bridgehead atoms. The molecule has 30 heavy (non-hydrogen) atoms. The maximum Gasteiger partial charge on any atom is 0.353 e. The molecule has 5 nitrogen and oxygen atoms in total. The third-order valence-electron chi connectivity index (χ3n) is 4.41. The van der Waals surface area contributed by atoms with Crippen molar-refractivity contribution in [2.75, 3.05) is 5.75 Å². The number of hydrogen-bond acceptors (Lipinski definition) is 5. The monoisotopic (exact) mass is 441 g/mol. The Morgan fingerprint density at radius 2 is 2.00 bits per heavy atom. The minimum Gasteiger partial charge on any atom is -0.485 e. The van der Waals surface area contributed by atoms with Crippen LogP contribution in [0.3, 0.4) is 0 Å². The molecule has 0 saturated carbocycles. The molecule has 0 fully saturated rings. The van der Waals surface area contributed by atoms with E-state index < -0.39 is 11.5 Å². The second-order valence-corrected chi connectivity index (χ2v) is 8.01. The lowest BCUT2D eigenvalue weighted by Crippen LogP contribution is -2.23. The molecule has 0 saturated heterocycles. The van der Waals surface area contributed by atoms with E-state index in [9.17, 15) is 9.18 Å². The summed E-state index contributed by atoms with van der Waals surface area (Å²) in [6.07, 6.45) is 1.49. The van der Waals surface area contributed by atoms with Crippen LogP contribution in [0.15, 0.2) is 70.6 Å². The lowest BCUT2D eigenvalue weighted by Gasteiger charge is -2.16. The average Bonchev–Trinajstić information content (AvgIpc) is 2.74. The Morgan fingerprint density at radius 3 is 2.80 bits per heavy atom. The SMILES string of the molecule is CCSc1nc(=O)n(-c2ccc(Cl)cc2OCc2ncccc2F)c2ccccc12. The Balaban J connectivity index is 1.85. The highest BCUT2D eigenvalue weighted by Gasteiger charge is 2.16. The molecule has 4 rings (SSSR count). The van der Waals surface area contributed by atoms with Gasteiger partial charge in [-0.05, 0) is 36.1 Å². The number of hydrogen-bond donors (Lipinski definition) is 0. The first-order valence-corrected chi connectivity index (χ1v) is 10.6. The second-order valence-electron chi connectivity index (χ2n) is 6.32. The third kappa shape index (κ3) is 4.04. The lowest BCUT2D eigenvalue weighted by molar-refractivity contribution is 0.293. The van der Waals surface area contributed by atoms with Gasteiger partial charge in [0, 0.05) is 22.7 Å². The maximum absolute atomic E-state index is 13.9. The highest BCUT2D eigenvalue weighted by atomic mass is 35.5. The number of fused-ring (bicyclic) bond motifs is 1. The first-order chi connectivity index (χ1) is 14.6. The van der Waals surface area contributed by atoms with Crippen LogP contribution < -0.4 is 10.4 Å². The van der Waals surface area contributed by atoms with Crippen LogP contribution in [-0.4, -0.2) is 20.3 Å². The van der Waals surface area contributed by atoms with Gasteiger partial charge in [-0.15, -0.1) is 11.8 Å². The number of pyridine rings is 1. The van der Waals surface area contributed by atoms with Gasteiger partial charge >= 0.3 is 5.69 Å². The molecule has 0 atom stereocenters. The fourth-order valence-electron chi connectivity index (χ4n) is 3.09. The molecule has 2 aromatic carbocycles. The fourth-order valence-corrected chi connectivity index (χ4v) is 3.99. The number of nitrogens with zero attached hydrogens (tertiary/aromatic N) is 3. The van der Waals surface area contributed by atoms with Crippen LogP contribution in [0.25, 0.3) is 16.6 Å². The van der Waals surface area contributed by atoms with E-state index in [1.807, 2.05) is 31.2 Å². The molecule has 0 amide bonds. The molecule has 0 N–H and O–H groups in total. The van der Waals surface area contributed by atoms with Crippen molar-refractivity contribution in [3.8, 4) is 11.4 Å². The van der Waals surface area contributed by atoms with E-state index in [4.69, 9.17) is 16.3 Å². The smallest absolute Gasteiger partial charge is 0.353 e. The standard InChI is InChI=1S/C22H17ClFN3O2S/c1-2-30-21-15-6-3-4-8-18(15)27(22(28)26-21)19-10-9-14(23)12-20(19)29-13-17-16(24)7-5-11-25-17/h3-12H,2,13H2,1H3. The molecule has 0 aliphatic carbocycles. The molecule has 8 heteroatoms. The Morgan fingerprint density at radius 1 is 1.17 bits per heavy atom. The molecule has 2 heterocycles. The van der Waals surface area contributed by atoms with Gasteiger partial charge < -0.3 is 4.74 Å². The summed E-state index contributed by atoms with van der Waals surface area (Å²) in [4.78, 5) is 21.2. The molecule has 0 aliphatic rings. The molecule has 0 unspecified atom stereocenters. The number of ether oxygens (including phenoxy) is 1. The third-order valence-corrected chi connectivity index (χ3v) is 5.52. The number of aromatic nitrogens is 3. The van der Waals surface area contributed by atoms with Crippen molar-refractivity contribution in [1.82, 2.24) is 14.5 Å². The predicted octanol–water partition coefficient (Wildman–Crippen LogP) is 5.26.